The van der Waals surface area contributed by atoms with Gasteiger partial charge >= 0.3 is 0 Å². The van der Waals surface area contributed by atoms with E-state index in [9.17, 15) is 0 Å². The zero-order chi connectivity index (χ0) is 13.1. The van der Waals surface area contributed by atoms with Gasteiger partial charge < -0.3 is 5.73 Å². The molecule has 4 heteroatoms. The lowest BCUT2D eigenvalue weighted by Gasteiger charge is -2.32. The Hall–Kier alpha value is -1.81. The van der Waals surface area contributed by atoms with Crippen LogP contribution in [0.3, 0.4) is 0 Å². The lowest BCUT2D eigenvalue weighted by molar-refractivity contribution is 0.174. The van der Waals surface area contributed by atoms with Crippen molar-refractivity contribution in [3.05, 3.63) is 48.2 Å². The van der Waals surface area contributed by atoms with Gasteiger partial charge in [-0.3, -0.25) is 4.90 Å². The highest BCUT2D eigenvalue weighted by Gasteiger charge is 2.21. The molecule has 2 aromatic rings. The van der Waals surface area contributed by atoms with Crippen molar-refractivity contribution in [2.45, 2.75) is 25.4 Å². The van der Waals surface area contributed by atoms with Gasteiger partial charge in [-0.25, -0.2) is 4.68 Å². The van der Waals surface area contributed by atoms with Crippen molar-refractivity contribution in [3.63, 3.8) is 0 Å². The predicted molar refractivity (Wildman–Crippen MR) is 76.6 cm³/mol. The molecule has 4 nitrogen and oxygen atoms in total. The van der Waals surface area contributed by atoms with Gasteiger partial charge in [-0.2, -0.15) is 5.10 Å². The van der Waals surface area contributed by atoms with Crippen LogP contribution in [0.1, 0.15) is 24.4 Å². The van der Waals surface area contributed by atoms with Crippen molar-refractivity contribution in [2.24, 2.45) is 0 Å². The van der Waals surface area contributed by atoms with Crippen molar-refractivity contribution in [1.82, 2.24) is 14.7 Å². The number of aromatic nitrogens is 2. The van der Waals surface area contributed by atoms with Crippen LogP contribution in [0.15, 0.2) is 42.6 Å². The minimum Gasteiger partial charge on any atom is -0.384 e. The van der Waals surface area contributed by atoms with E-state index in [-0.39, 0.29) is 0 Å². The first kappa shape index (κ1) is 12.2. The molecule has 0 atom stereocenters. The number of nitrogens with zero attached hydrogens (tertiary/aromatic N) is 3. The van der Waals surface area contributed by atoms with Crippen LogP contribution in [0, 0.1) is 0 Å². The maximum absolute atomic E-state index is 5.92. The Morgan fingerprint density at radius 3 is 2.47 bits per heavy atom. The molecule has 0 spiro atoms. The largest absolute Gasteiger partial charge is 0.384 e. The standard InChI is InChI=1S/C15H20N4/c16-15-6-9-17-19(15)14-7-10-18(11-8-14)12-13-4-2-1-3-5-13/h1-6,9,14H,7-8,10-12,16H2. The molecule has 1 aromatic carbocycles. The zero-order valence-electron chi connectivity index (χ0n) is 11.1. The molecular weight excluding hydrogens is 236 g/mol. The third-order valence-electron chi connectivity index (χ3n) is 3.85. The number of nitrogen functional groups attached to an aromatic ring is 1. The Morgan fingerprint density at radius 1 is 1.11 bits per heavy atom. The van der Waals surface area contributed by atoms with Gasteiger partial charge in [-0.15, -0.1) is 0 Å². The SMILES string of the molecule is Nc1ccnn1C1CCN(Cc2ccccc2)CC1. The molecule has 0 bridgehead atoms. The van der Waals surface area contributed by atoms with E-state index in [1.54, 1.807) is 6.20 Å². The Morgan fingerprint density at radius 2 is 1.84 bits per heavy atom. The second-order valence-electron chi connectivity index (χ2n) is 5.19. The van der Waals surface area contributed by atoms with Gasteiger partial charge in [0.15, 0.2) is 0 Å². The first-order chi connectivity index (χ1) is 9.33. The summed E-state index contributed by atoms with van der Waals surface area (Å²) in [7, 11) is 0. The molecule has 1 saturated heterocycles. The Balaban J connectivity index is 1.57. The number of nitrogens with two attached hydrogens (primary N) is 1. The van der Waals surface area contributed by atoms with Crippen LogP contribution in [0.5, 0.6) is 0 Å². The molecule has 1 aliphatic rings. The third-order valence-corrected chi connectivity index (χ3v) is 3.85. The van der Waals surface area contributed by atoms with Gasteiger partial charge in [-0.1, -0.05) is 30.3 Å². The van der Waals surface area contributed by atoms with Gasteiger partial charge in [0.1, 0.15) is 5.82 Å². The van der Waals surface area contributed by atoms with Crippen molar-refractivity contribution in [3.8, 4) is 0 Å². The molecule has 100 valence electrons. The fraction of sp³-hybridized carbons (Fsp3) is 0.400. The number of rotatable bonds is 3. The van der Waals surface area contributed by atoms with Crippen molar-refractivity contribution < 1.29 is 0 Å². The maximum atomic E-state index is 5.92. The molecule has 3 rings (SSSR count). The summed E-state index contributed by atoms with van der Waals surface area (Å²) in [6.45, 7) is 3.26. The number of likely N-dealkylation sites (tertiary alicyclic amines) is 1. The molecule has 0 aliphatic carbocycles. The van der Waals surface area contributed by atoms with Crippen LogP contribution in [0.4, 0.5) is 5.82 Å². The summed E-state index contributed by atoms with van der Waals surface area (Å²) >= 11 is 0. The number of hydrogen-bond acceptors (Lipinski definition) is 3. The van der Waals surface area contributed by atoms with Crippen molar-refractivity contribution in [1.29, 1.82) is 0 Å². The minimum absolute atomic E-state index is 0.460. The Labute approximate surface area is 113 Å². The lowest BCUT2D eigenvalue weighted by Crippen LogP contribution is -2.34. The quantitative estimate of drug-likeness (QED) is 0.916. The summed E-state index contributed by atoms with van der Waals surface area (Å²) in [5.41, 5.74) is 7.30. The van der Waals surface area contributed by atoms with Crippen LogP contribution >= 0.6 is 0 Å². The molecule has 0 radical (unpaired) electrons. The van der Waals surface area contributed by atoms with E-state index in [1.807, 2.05) is 10.7 Å². The summed E-state index contributed by atoms with van der Waals surface area (Å²) in [4.78, 5) is 2.51. The molecule has 2 heterocycles. The number of benzene rings is 1. The smallest absolute Gasteiger partial charge is 0.121 e. The van der Waals surface area contributed by atoms with Gasteiger partial charge in [0.05, 0.1) is 12.2 Å². The molecular formula is C15H20N4. The minimum atomic E-state index is 0.460. The molecule has 2 N–H and O–H groups in total. The molecule has 0 amide bonds. The summed E-state index contributed by atoms with van der Waals surface area (Å²) in [5, 5.41) is 4.32. The zero-order valence-corrected chi connectivity index (χ0v) is 11.1. The average molecular weight is 256 g/mol. The number of hydrogen-bond donors (Lipinski definition) is 1. The highest BCUT2D eigenvalue weighted by molar-refractivity contribution is 5.26. The van der Waals surface area contributed by atoms with E-state index in [0.717, 1.165) is 38.3 Å². The Bertz CT molecular complexity index is 512. The fourth-order valence-corrected chi connectivity index (χ4v) is 2.79. The van der Waals surface area contributed by atoms with Crippen LogP contribution < -0.4 is 5.73 Å². The first-order valence-corrected chi connectivity index (χ1v) is 6.88. The van der Waals surface area contributed by atoms with Crippen LogP contribution in [-0.2, 0) is 6.54 Å². The summed E-state index contributed by atoms with van der Waals surface area (Å²) in [5.74, 6) is 0.779. The lowest BCUT2D eigenvalue weighted by atomic mass is 10.0. The van der Waals surface area contributed by atoms with Gasteiger partial charge in [-0.05, 0) is 24.5 Å². The molecule has 0 saturated carbocycles. The van der Waals surface area contributed by atoms with E-state index in [0.29, 0.717) is 6.04 Å². The highest BCUT2D eigenvalue weighted by atomic mass is 15.3. The van der Waals surface area contributed by atoms with E-state index >= 15 is 0 Å². The molecule has 1 aliphatic heterocycles. The van der Waals surface area contributed by atoms with Gasteiger partial charge in [0, 0.05) is 19.6 Å². The van der Waals surface area contributed by atoms with Gasteiger partial charge in [0.25, 0.3) is 0 Å². The third kappa shape index (κ3) is 2.79. The van der Waals surface area contributed by atoms with Crippen LogP contribution in [-0.4, -0.2) is 27.8 Å². The summed E-state index contributed by atoms with van der Waals surface area (Å²) in [6.07, 6.45) is 4.03. The van der Waals surface area contributed by atoms with E-state index < -0.39 is 0 Å². The molecule has 1 aromatic heterocycles. The topological polar surface area (TPSA) is 47.1 Å². The van der Waals surface area contributed by atoms with Gasteiger partial charge in [0.2, 0.25) is 0 Å². The van der Waals surface area contributed by atoms with Crippen LogP contribution in [0.2, 0.25) is 0 Å². The normalized spacial score (nSPS) is 17.7. The second kappa shape index (κ2) is 5.45. The molecule has 0 unspecified atom stereocenters. The summed E-state index contributed by atoms with van der Waals surface area (Å²) in [6, 6.07) is 13.0. The highest BCUT2D eigenvalue weighted by Crippen LogP contribution is 2.24. The second-order valence-corrected chi connectivity index (χ2v) is 5.19. The fourth-order valence-electron chi connectivity index (χ4n) is 2.79. The van der Waals surface area contributed by atoms with Crippen LogP contribution in [0.25, 0.3) is 0 Å². The van der Waals surface area contributed by atoms with Crippen molar-refractivity contribution >= 4 is 5.82 Å². The monoisotopic (exact) mass is 256 g/mol. The summed E-state index contributed by atoms with van der Waals surface area (Å²) < 4.78 is 1.97. The number of anilines is 1. The van der Waals surface area contributed by atoms with E-state index in [4.69, 9.17) is 5.73 Å². The average Bonchev–Trinajstić information content (AvgIpc) is 2.87. The van der Waals surface area contributed by atoms with E-state index in [2.05, 4.69) is 40.3 Å². The number of piperidine rings is 1. The maximum Gasteiger partial charge on any atom is 0.121 e. The van der Waals surface area contributed by atoms with Crippen molar-refractivity contribution in [2.75, 3.05) is 18.8 Å². The molecule has 19 heavy (non-hydrogen) atoms. The first-order valence-electron chi connectivity index (χ1n) is 6.88. The molecule has 1 fully saturated rings. The van der Waals surface area contributed by atoms with E-state index in [1.165, 1.54) is 5.56 Å². The predicted octanol–water partition coefficient (Wildman–Crippen LogP) is 2.30. The Kier molecular flexibility index (Phi) is 3.51.